The summed E-state index contributed by atoms with van der Waals surface area (Å²) >= 11 is 6.23. The third-order valence-electron chi connectivity index (χ3n) is 8.59. The van der Waals surface area contributed by atoms with Gasteiger partial charge in [0.25, 0.3) is 5.91 Å². The van der Waals surface area contributed by atoms with E-state index in [2.05, 4.69) is 37.9 Å². The van der Waals surface area contributed by atoms with Crippen LogP contribution >= 0.6 is 11.6 Å². The minimum absolute atomic E-state index is 0.0478. The molecule has 1 amide bonds. The second-order valence-corrected chi connectivity index (χ2v) is 13.9. The molecule has 43 heavy (non-hydrogen) atoms. The van der Waals surface area contributed by atoms with Gasteiger partial charge >= 0.3 is 0 Å². The van der Waals surface area contributed by atoms with E-state index in [9.17, 15) is 14.4 Å². The molecule has 2 aromatic rings. The van der Waals surface area contributed by atoms with E-state index in [0.29, 0.717) is 66.4 Å². The van der Waals surface area contributed by atoms with E-state index in [-0.39, 0.29) is 34.9 Å². The summed E-state index contributed by atoms with van der Waals surface area (Å²) in [5.74, 6) is -0.330. The van der Waals surface area contributed by atoms with Crippen LogP contribution in [-0.4, -0.2) is 49.2 Å². The molecule has 2 aromatic carbocycles. The van der Waals surface area contributed by atoms with Gasteiger partial charge in [-0.2, -0.15) is 0 Å². The van der Waals surface area contributed by atoms with Gasteiger partial charge in [0.05, 0.1) is 6.61 Å². The molecule has 1 aliphatic heterocycles. The Labute approximate surface area is 259 Å². The lowest BCUT2D eigenvalue weighted by Crippen LogP contribution is -2.45. The van der Waals surface area contributed by atoms with E-state index in [1.54, 1.807) is 25.3 Å². The van der Waals surface area contributed by atoms with E-state index in [0.717, 1.165) is 22.5 Å². The summed E-state index contributed by atoms with van der Waals surface area (Å²) < 4.78 is 11.6. The topological polar surface area (TPSA) is 84.9 Å². The summed E-state index contributed by atoms with van der Waals surface area (Å²) in [4.78, 5) is 43.1. The van der Waals surface area contributed by atoms with Crippen molar-refractivity contribution in [2.24, 2.45) is 10.8 Å². The number of anilines is 1. The van der Waals surface area contributed by atoms with Crippen LogP contribution in [0.2, 0.25) is 5.02 Å². The number of nitrogens with zero attached hydrogens (tertiary/aromatic N) is 1. The van der Waals surface area contributed by atoms with Crippen LogP contribution < -0.4 is 10.1 Å². The van der Waals surface area contributed by atoms with Crippen molar-refractivity contribution >= 4 is 34.8 Å². The summed E-state index contributed by atoms with van der Waals surface area (Å²) in [6.45, 7) is 11.2. The first-order chi connectivity index (χ1) is 20.3. The van der Waals surface area contributed by atoms with E-state index >= 15 is 0 Å². The average molecular weight is 605 g/mol. The Balaban J connectivity index is 1.56. The normalized spacial score (nSPS) is 19.7. The number of hydrogen-bond acceptors (Lipinski definition) is 6. The van der Waals surface area contributed by atoms with Crippen molar-refractivity contribution in [3.8, 4) is 5.75 Å². The van der Waals surface area contributed by atoms with Gasteiger partial charge in [-0.3, -0.25) is 14.4 Å². The molecule has 0 aromatic heterocycles. The average Bonchev–Trinajstić information content (AvgIpc) is 2.91. The molecule has 3 aliphatic rings. The van der Waals surface area contributed by atoms with Crippen LogP contribution in [0.5, 0.6) is 5.75 Å². The lowest BCUT2D eigenvalue weighted by molar-refractivity contribution is -0.120. The molecule has 0 saturated heterocycles. The largest absolute Gasteiger partial charge is 0.483 e. The Morgan fingerprint density at radius 1 is 0.953 bits per heavy atom. The Bertz CT molecular complexity index is 1480. The quantitative estimate of drug-likeness (QED) is 0.349. The second kappa shape index (κ2) is 11.9. The monoisotopic (exact) mass is 604 g/mol. The first-order valence-corrected chi connectivity index (χ1v) is 15.2. The number of ether oxygens (including phenoxy) is 2. The third-order valence-corrected chi connectivity index (χ3v) is 8.99. The Morgan fingerprint density at radius 3 is 2.14 bits per heavy atom. The van der Waals surface area contributed by atoms with Crippen LogP contribution in [0.15, 0.2) is 65.0 Å². The zero-order valence-electron chi connectivity index (χ0n) is 25.9. The zero-order chi connectivity index (χ0) is 31.1. The summed E-state index contributed by atoms with van der Waals surface area (Å²) in [6.07, 6.45) is 2.22. The molecule has 7 nitrogen and oxygen atoms in total. The number of hydrogen-bond donors (Lipinski definition) is 1. The maximum absolute atomic E-state index is 14.0. The highest BCUT2D eigenvalue weighted by Gasteiger charge is 2.49. The Morgan fingerprint density at radius 2 is 1.56 bits per heavy atom. The molecular formula is C35H41ClN2O5. The van der Waals surface area contributed by atoms with Crippen molar-refractivity contribution in [2.75, 3.05) is 32.2 Å². The predicted octanol–water partition coefficient (Wildman–Crippen LogP) is 7.00. The van der Waals surface area contributed by atoms with Crippen molar-refractivity contribution in [1.82, 2.24) is 4.90 Å². The highest BCUT2D eigenvalue weighted by Crippen LogP contribution is 2.55. The number of halogens is 1. The standard InChI is InChI=1S/C35H41ClN2O5/c1-21-11-12-22(15-24(21)36)37-30(41)20-43-29-10-8-7-9-23(29)31-32-25(16-34(2,3)18-27(32)39)38(13-14-42-6)26-17-35(4,5)19-28(40)33(26)31/h7-12,15,31H,13-14,16-20H2,1-6H3,(H,37,41). The summed E-state index contributed by atoms with van der Waals surface area (Å²) in [7, 11) is 1.67. The predicted molar refractivity (Wildman–Crippen MR) is 168 cm³/mol. The summed E-state index contributed by atoms with van der Waals surface area (Å²) in [5, 5.41) is 3.40. The summed E-state index contributed by atoms with van der Waals surface area (Å²) in [5.41, 5.74) is 5.05. The van der Waals surface area contributed by atoms with Crippen molar-refractivity contribution in [3.05, 3.63) is 81.2 Å². The molecule has 8 heteroatoms. The number of amides is 1. The number of aryl methyl sites for hydroxylation is 1. The highest BCUT2D eigenvalue weighted by molar-refractivity contribution is 6.31. The fourth-order valence-electron chi connectivity index (χ4n) is 6.67. The first kappa shape index (κ1) is 31.0. The lowest BCUT2D eigenvalue weighted by Gasteiger charge is -2.49. The van der Waals surface area contributed by atoms with Gasteiger partial charge in [0.1, 0.15) is 5.75 Å². The number of methoxy groups -OCH3 is 1. The Kier molecular flexibility index (Phi) is 8.61. The molecule has 0 radical (unpaired) electrons. The number of rotatable bonds is 8. The molecule has 0 fully saturated rings. The fraction of sp³-hybridized carbons (Fsp3) is 0.457. The highest BCUT2D eigenvalue weighted by atomic mass is 35.5. The van der Waals surface area contributed by atoms with Crippen LogP contribution in [0.1, 0.15) is 70.4 Å². The van der Waals surface area contributed by atoms with Crippen molar-refractivity contribution in [3.63, 3.8) is 0 Å². The SMILES string of the molecule is COCCN1C2=C(C(=O)CC(C)(C)C2)C(c2ccccc2OCC(=O)Nc2ccc(C)c(Cl)c2)C2=C1CC(C)(C)CC2=O. The third kappa shape index (κ3) is 6.43. The minimum Gasteiger partial charge on any atom is -0.483 e. The van der Waals surface area contributed by atoms with Crippen LogP contribution in [0.4, 0.5) is 5.69 Å². The molecule has 0 spiro atoms. The molecule has 228 valence electrons. The first-order valence-electron chi connectivity index (χ1n) is 14.9. The van der Waals surface area contributed by atoms with Crippen LogP contribution in [0.25, 0.3) is 0 Å². The number of allylic oxidation sites excluding steroid dienone is 4. The fourth-order valence-corrected chi connectivity index (χ4v) is 6.85. The number of para-hydroxylation sites is 1. The van der Waals surface area contributed by atoms with Crippen LogP contribution in [0.3, 0.4) is 0 Å². The minimum atomic E-state index is -0.564. The maximum Gasteiger partial charge on any atom is 0.262 e. The molecule has 0 unspecified atom stereocenters. The van der Waals surface area contributed by atoms with E-state index in [1.165, 1.54) is 0 Å². The van der Waals surface area contributed by atoms with Gasteiger partial charge in [-0.25, -0.2) is 0 Å². The lowest BCUT2D eigenvalue weighted by atomic mass is 9.63. The molecule has 0 bridgehead atoms. The molecule has 1 heterocycles. The van der Waals surface area contributed by atoms with Gasteiger partial charge in [-0.1, -0.05) is 63.6 Å². The van der Waals surface area contributed by atoms with Crippen molar-refractivity contribution in [1.29, 1.82) is 0 Å². The molecule has 5 rings (SSSR count). The van der Waals surface area contributed by atoms with E-state index < -0.39 is 5.92 Å². The number of Topliss-reactive ketones (excluding diaryl/α,β-unsaturated/α-hetero) is 2. The number of ketones is 2. The van der Waals surface area contributed by atoms with Gasteiger partial charge in [-0.15, -0.1) is 0 Å². The number of benzene rings is 2. The number of carbonyl (C=O) groups excluding carboxylic acids is 3. The molecule has 1 N–H and O–H groups in total. The second-order valence-electron chi connectivity index (χ2n) is 13.5. The maximum atomic E-state index is 14.0. The molecule has 0 saturated carbocycles. The smallest absolute Gasteiger partial charge is 0.262 e. The van der Waals surface area contributed by atoms with E-state index in [1.807, 2.05) is 31.2 Å². The number of carbonyl (C=O) groups is 3. The van der Waals surface area contributed by atoms with Gasteiger partial charge in [0.2, 0.25) is 0 Å². The zero-order valence-corrected chi connectivity index (χ0v) is 26.7. The van der Waals surface area contributed by atoms with Gasteiger partial charge < -0.3 is 19.7 Å². The van der Waals surface area contributed by atoms with Gasteiger partial charge in [0, 0.05) is 71.2 Å². The summed E-state index contributed by atoms with van der Waals surface area (Å²) in [6, 6.07) is 12.8. The molecule has 2 aliphatic carbocycles. The van der Waals surface area contributed by atoms with E-state index in [4.69, 9.17) is 21.1 Å². The molecular weight excluding hydrogens is 564 g/mol. The van der Waals surface area contributed by atoms with Crippen molar-refractivity contribution < 1.29 is 23.9 Å². The Hall–Kier alpha value is -3.42. The number of nitrogens with one attached hydrogen (secondary N) is 1. The van der Waals surface area contributed by atoms with Crippen molar-refractivity contribution in [2.45, 2.75) is 66.2 Å². The van der Waals surface area contributed by atoms with Gasteiger partial charge in [0.15, 0.2) is 18.2 Å². The van der Waals surface area contributed by atoms with Crippen LogP contribution in [0, 0.1) is 17.8 Å². The van der Waals surface area contributed by atoms with Gasteiger partial charge in [-0.05, 0) is 54.4 Å². The molecule has 0 atom stereocenters. The van der Waals surface area contributed by atoms with Crippen LogP contribution in [-0.2, 0) is 19.1 Å².